The second-order valence-electron chi connectivity index (χ2n) is 9.42. The van der Waals surface area contributed by atoms with Crippen molar-refractivity contribution in [3.05, 3.63) is 45.4 Å². The van der Waals surface area contributed by atoms with Crippen LogP contribution in [0.2, 0.25) is 10.2 Å². The van der Waals surface area contributed by atoms with Gasteiger partial charge in [0, 0.05) is 55.4 Å². The van der Waals surface area contributed by atoms with Gasteiger partial charge in [-0.3, -0.25) is 14.6 Å². The van der Waals surface area contributed by atoms with Crippen molar-refractivity contribution in [3.63, 3.8) is 0 Å². The third-order valence-corrected chi connectivity index (χ3v) is 7.64. The highest BCUT2D eigenvalue weighted by Crippen LogP contribution is 2.30. The molecule has 0 spiro atoms. The Hall–Kier alpha value is -2.20. The minimum atomic E-state index is -0.377. The van der Waals surface area contributed by atoms with Crippen molar-refractivity contribution >= 4 is 40.7 Å². The molecule has 4 rings (SSSR count). The summed E-state index contributed by atoms with van der Waals surface area (Å²) in [5, 5.41) is 3.30. The molecule has 3 N–H and O–H groups in total. The van der Waals surface area contributed by atoms with Crippen LogP contribution < -0.4 is 16.0 Å². The zero-order valence-electron chi connectivity index (χ0n) is 20.8. The van der Waals surface area contributed by atoms with Crippen molar-refractivity contribution in [3.8, 4) is 0 Å². The van der Waals surface area contributed by atoms with Gasteiger partial charge in [0.2, 0.25) is 0 Å². The van der Waals surface area contributed by atoms with E-state index in [2.05, 4.69) is 36.9 Å². The highest BCUT2D eigenvalue weighted by molar-refractivity contribution is 6.32. The Kier molecular flexibility index (Phi) is 8.87. The van der Waals surface area contributed by atoms with Crippen LogP contribution in [0.25, 0.3) is 0 Å². The van der Waals surface area contributed by atoms with Crippen molar-refractivity contribution in [2.75, 3.05) is 49.9 Å². The number of rotatable bonds is 7. The predicted molar refractivity (Wildman–Crippen MR) is 142 cm³/mol. The Morgan fingerprint density at radius 1 is 1.17 bits per heavy atom. The zero-order chi connectivity index (χ0) is 25.8. The third kappa shape index (κ3) is 6.02. The lowest BCUT2D eigenvalue weighted by Crippen LogP contribution is -2.58. The summed E-state index contributed by atoms with van der Waals surface area (Å²) < 4.78 is 14.2. The summed E-state index contributed by atoms with van der Waals surface area (Å²) in [4.78, 5) is 27.9. The summed E-state index contributed by atoms with van der Waals surface area (Å²) in [5.74, 6) is -0.00832. The molecule has 3 heterocycles. The van der Waals surface area contributed by atoms with Gasteiger partial charge in [-0.25, -0.2) is 14.4 Å². The SMILES string of the molecule is CCNC(=O)c1nc(Cl)c(N2CCN(C3CCN(Cc4ccc(Cl)cc4F)CC3)[C@@H](CC)C2)nc1N. The third-order valence-electron chi connectivity index (χ3n) is 7.15. The van der Waals surface area contributed by atoms with E-state index in [1.165, 1.54) is 6.07 Å². The number of nitrogens with two attached hydrogens (primary N) is 1. The fraction of sp³-hybridized carbons (Fsp3) is 0.560. The van der Waals surface area contributed by atoms with Crippen molar-refractivity contribution in [1.29, 1.82) is 0 Å². The van der Waals surface area contributed by atoms with E-state index in [1.54, 1.807) is 12.1 Å². The first-order chi connectivity index (χ1) is 17.3. The topological polar surface area (TPSA) is 90.6 Å². The zero-order valence-corrected chi connectivity index (χ0v) is 22.3. The quantitative estimate of drug-likeness (QED) is 0.554. The van der Waals surface area contributed by atoms with Gasteiger partial charge in [0.25, 0.3) is 5.91 Å². The standard InChI is InChI=1S/C25H34Cl2FN7O/c1-3-18-15-34(24-22(27)31-21(23(29)32-24)25(36)30-4-2)11-12-35(18)19-7-9-33(10-8-19)14-16-5-6-17(26)13-20(16)28/h5-6,13,18-19H,3-4,7-12,14-15H2,1-2H3,(H2,29,32)(H,30,36)/t18-/m0/s1. The predicted octanol–water partition coefficient (Wildman–Crippen LogP) is 3.82. The molecule has 0 radical (unpaired) electrons. The molecule has 1 atom stereocenters. The van der Waals surface area contributed by atoms with Crippen LogP contribution >= 0.6 is 23.2 Å². The summed E-state index contributed by atoms with van der Waals surface area (Å²) >= 11 is 12.3. The van der Waals surface area contributed by atoms with Crippen molar-refractivity contribution in [2.45, 2.75) is 51.7 Å². The van der Waals surface area contributed by atoms with Crippen molar-refractivity contribution < 1.29 is 9.18 Å². The van der Waals surface area contributed by atoms with Crippen LogP contribution in [0.15, 0.2) is 18.2 Å². The van der Waals surface area contributed by atoms with E-state index in [0.29, 0.717) is 41.6 Å². The van der Waals surface area contributed by atoms with Gasteiger partial charge in [-0.2, -0.15) is 0 Å². The maximum atomic E-state index is 14.2. The van der Waals surface area contributed by atoms with E-state index in [-0.39, 0.29) is 28.4 Å². The first-order valence-corrected chi connectivity index (χ1v) is 13.3. The Morgan fingerprint density at radius 2 is 1.92 bits per heavy atom. The van der Waals surface area contributed by atoms with Crippen LogP contribution in [0.1, 0.15) is 49.2 Å². The van der Waals surface area contributed by atoms with Crippen LogP contribution in [0.5, 0.6) is 0 Å². The maximum absolute atomic E-state index is 14.2. The number of hydrogen-bond donors (Lipinski definition) is 2. The number of likely N-dealkylation sites (tertiary alicyclic amines) is 1. The molecule has 8 nitrogen and oxygen atoms in total. The van der Waals surface area contributed by atoms with Gasteiger partial charge in [-0.05, 0) is 51.4 Å². The lowest BCUT2D eigenvalue weighted by atomic mass is 9.98. The van der Waals surface area contributed by atoms with Gasteiger partial charge < -0.3 is 16.0 Å². The molecule has 2 aromatic rings. The van der Waals surface area contributed by atoms with E-state index in [4.69, 9.17) is 28.9 Å². The van der Waals surface area contributed by atoms with Crippen LogP contribution in [-0.4, -0.2) is 77.0 Å². The Labute approximate surface area is 221 Å². The molecule has 36 heavy (non-hydrogen) atoms. The molecule has 11 heteroatoms. The van der Waals surface area contributed by atoms with E-state index >= 15 is 0 Å². The van der Waals surface area contributed by atoms with E-state index < -0.39 is 0 Å². The summed E-state index contributed by atoms with van der Waals surface area (Å²) in [6.07, 6.45) is 3.07. The Bertz CT molecular complexity index is 1080. The maximum Gasteiger partial charge on any atom is 0.273 e. The number of amides is 1. The second-order valence-corrected chi connectivity index (χ2v) is 10.2. The number of nitrogens with zero attached hydrogens (tertiary/aromatic N) is 5. The average Bonchev–Trinajstić information content (AvgIpc) is 2.87. The van der Waals surface area contributed by atoms with E-state index in [0.717, 1.165) is 52.0 Å². The molecular formula is C25H34Cl2FN7O. The minimum absolute atomic E-state index is 0.0570. The molecule has 2 aliphatic rings. The fourth-order valence-electron chi connectivity index (χ4n) is 5.24. The van der Waals surface area contributed by atoms with Crippen LogP contribution in [-0.2, 0) is 6.54 Å². The normalized spacial score (nSPS) is 20.0. The van der Waals surface area contributed by atoms with Crippen LogP contribution in [0.3, 0.4) is 0 Å². The first-order valence-electron chi connectivity index (χ1n) is 12.6. The lowest BCUT2D eigenvalue weighted by Gasteiger charge is -2.47. The summed E-state index contributed by atoms with van der Waals surface area (Å²) in [5.41, 5.74) is 6.80. The summed E-state index contributed by atoms with van der Waals surface area (Å²) in [6.45, 7) is 9.34. The molecule has 196 valence electrons. The number of halogens is 3. The molecule has 2 saturated heterocycles. The number of hydrogen-bond acceptors (Lipinski definition) is 7. The van der Waals surface area contributed by atoms with Gasteiger partial charge in [-0.15, -0.1) is 0 Å². The highest BCUT2D eigenvalue weighted by Gasteiger charge is 2.34. The monoisotopic (exact) mass is 537 g/mol. The number of piperidine rings is 1. The number of anilines is 2. The van der Waals surface area contributed by atoms with Gasteiger partial charge in [0.05, 0.1) is 0 Å². The molecule has 2 fully saturated rings. The smallest absolute Gasteiger partial charge is 0.273 e. The number of aromatic nitrogens is 2. The molecule has 1 aromatic heterocycles. The highest BCUT2D eigenvalue weighted by atomic mass is 35.5. The average molecular weight is 538 g/mol. The minimum Gasteiger partial charge on any atom is -0.382 e. The van der Waals surface area contributed by atoms with Gasteiger partial charge in [0.1, 0.15) is 5.82 Å². The fourth-order valence-corrected chi connectivity index (χ4v) is 5.64. The molecule has 2 aliphatic heterocycles. The van der Waals surface area contributed by atoms with E-state index in [1.807, 2.05) is 6.92 Å². The molecule has 0 aliphatic carbocycles. The van der Waals surface area contributed by atoms with Gasteiger partial charge in [-0.1, -0.05) is 36.2 Å². The second kappa shape index (κ2) is 11.9. The largest absolute Gasteiger partial charge is 0.382 e. The molecule has 0 unspecified atom stereocenters. The van der Waals surface area contributed by atoms with Gasteiger partial charge in [0.15, 0.2) is 22.5 Å². The van der Waals surface area contributed by atoms with E-state index in [9.17, 15) is 9.18 Å². The van der Waals surface area contributed by atoms with Crippen LogP contribution in [0, 0.1) is 5.82 Å². The molecule has 1 aromatic carbocycles. The Balaban J connectivity index is 1.37. The Morgan fingerprint density at radius 3 is 2.58 bits per heavy atom. The number of carbonyl (C=O) groups is 1. The number of benzene rings is 1. The number of nitrogen functional groups attached to an aromatic ring is 1. The van der Waals surface area contributed by atoms with Crippen molar-refractivity contribution in [2.24, 2.45) is 0 Å². The molecular weight excluding hydrogens is 504 g/mol. The lowest BCUT2D eigenvalue weighted by molar-refractivity contribution is 0.0607. The number of nitrogens with one attached hydrogen (secondary N) is 1. The molecule has 0 bridgehead atoms. The molecule has 0 saturated carbocycles. The number of piperazine rings is 1. The van der Waals surface area contributed by atoms with Crippen LogP contribution in [0.4, 0.5) is 16.0 Å². The van der Waals surface area contributed by atoms with Gasteiger partial charge >= 0.3 is 0 Å². The first kappa shape index (κ1) is 26.9. The molecule has 1 amide bonds. The number of carbonyl (C=O) groups excluding carboxylic acids is 1. The summed E-state index contributed by atoms with van der Waals surface area (Å²) in [7, 11) is 0. The summed E-state index contributed by atoms with van der Waals surface area (Å²) in [6, 6.07) is 5.73. The van der Waals surface area contributed by atoms with Crippen molar-refractivity contribution in [1.82, 2.24) is 25.1 Å².